The lowest BCUT2D eigenvalue weighted by atomic mass is 10.0. The predicted octanol–water partition coefficient (Wildman–Crippen LogP) is 6.04. The number of hydrogen-bond donors (Lipinski definition) is 0. The molecule has 160 valence electrons. The number of halogens is 2. The summed E-state index contributed by atoms with van der Waals surface area (Å²) in [5, 5.41) is 9.80. The lowest BCUT2D eigenvalue weighted by Crippen LogP contribution is -2.15. The Bertz CT molecular complexity index is 1090. The van der Waals surface area contributed by atoms with Crippen LogP contribution in [0.5, 0.6) is 11.5 Å². The zero-order valence-electron chi connectivity index (χ0n) is 17.0. The second-order valence-corrected chi connectivity index (χ2v) is 7.09. The molecule has 1 aromatic heterocycles. The van der Waals surface area contributed by atoms with Crippen molar-refractivity contribution in [3.8, 4) is 22.6 Å². The number of methoxy groups -OCH3 is 1. The first kappa shape index (κ1) is 22.3. The second-order valence-electron chi connectivity index (χ2n) is 6.42. The van der Waals surface area contributed by atoms with Crippen molar-refractivity contribution in [2.24, 2.45) is 10.3 Å². The van der Waals surface area contributed by atoms with Gasteiger partial charge in [0.2, 0.25) is 0 Å². The summed E-state index contributed by atoms with van der Waals surface area (Å²) in [5.41, 5.74) is 2.78. The summed E-state index contributed by atoms with van der Waals surface area (Å²) in [6, 6.07) is 17.2. The van der Waals surface area contributed by atoms with E-state index in [0.717, 1.165) is 0 Å². The minimum absolute atomic E-state index is 0.0354. The van der Waals surface area contributed by atoms with Crippen LogP contribution in [0.2, 0.25) is 0 Å². The van der Waals surface area contributed by atoms with Crippen LogP contribution in [0, 0.1) is 0 Å². The van der Waals surface area contributed by atoms with Crippen molar-refractivity contribution in [1.82, 2.24) is 4.98 Å². The van der Waals surface area contributed by atoms with Crippen molar-refractivity contribution >= 4 is 20.6 Å². The fourth-order valence-electron chi connectivity index (χ4n) is 2.79. The Morgan fingerprint density at radius 1 is 1.06 bits per heavy atom. The van der Waals surface area contributed by atoms with Crippen LogP contribution < -0.4 is 14.5 Å². The Labute approximate surface area is 181 Å². The monoisotopic (exact) mass is 442 g/mol. The molecular weight excluding hydrogens is 421 g/mol. The second kappa shape index (κ2) is 9.62. The van der Waals surface area contributed by atoms with Crippen LogP contribution in [0.25, 0.3) is 16.8 Å². The summed E-state index contributed by atoms with van der Waals surface area (Å²) in [7, 11) is 4.59. The van der Waals surface area contributed by atoms with Crippen molar-refractivity contribution in [3.05, 3.63) is 79.1 Å². The van der Waals surface area contributed by atoms with Gasteiger partial charge < -0.3 is 9.47 Å². The fraction of sp³-hybridized carbons (Fsp3) is 0.136. The van der Waals surface area contributed by atoms with Gasteiger partial charge in [0, 0.05) is 30.4 Å². The van der Waals surface area contributed by atoms with Crippen molar-refractivity contribution in [3.63, 3.8) is 0 Å². The van der Waals surface area contributed by atoms with Crippen LogP contribution in [0.1, 0.15) is 5.69 Å². The van der Waals surface area contributed by atoms with Crippen LogP contribution in [0.15, 0.2) is 83.8 Å². The predicted molar refractivity (Wildman–Crippen MR) is 120 cm³/mol. The van der Waals surface area contributed by atoms with E-state index in [1.165, 1.54) is 22.4 Å². The first-order valence-electron chi connectivity index (χ1n) is 9.17. The number of para-hydroxylation sites is 1. The number of nitrogens with zero attached hydrogens (tertiary/aromatic N) is 4. The molecule has 6 nitrogen and oxygen atoms in total. The number of pyridine rings is 1. The molecule has 31 heavy (non-hydrogen) atoms. The molecule has 1 atom stereocenters. The molecule has 3 aromatic rings. The molecule has 3 rings (SSSR count). The molecule has 0 N–H and O–H groups in total. The minimum Gasteiger partial charge on any atom is -0.496 e. The Morgan fingerprint density at radius 3 is 2.45 bits per heavy atom. The number of aromatic nitrogens is 1. The maximum Gasteiger partial charge on any atom is 0.408 e. The van der Waals surface area contributed by atoms with Gasteiger partial charge in [0.1, 0.15) is 17.2 Å². The fourth-order valence-corrected chi connectivity index (χ4v) is 2.91. The van der Waals surface area contributed by atoms with Crippen molar-refractivity contribution in [2.75, 3.05) is 19.2 Å². The van der Waals surface area contributed by atoms with Crippen molar-refractivity contribution in [1.29, 1.82) is 0 Å². The van der Waals surface area contributed by atoms with Crippen molar-refractivity contribution in [2.45, 2.75) is 5.85 Å². The normalized spacial score (nSPS) is 11.4. The Morgan fingerprint density at radius 2 is 1.77 bits per heavy atom. The van der Waals surface area contributed by atoms with Gasteiger partial charge in [-0.15, -0.1) is 5.11 Å². The van der Waals surface area contributed by atoms with Gasteiger partial charge in [-0.1, -0.05) is 36.1 Å². The summed E-state index contributed by atoms with van der Waals surface area (Å²) in [6.45, 7) is 3.87. The van der Waals surface area contributed by atoms with E-state index in [-0.39, 0.29) is 5.75 Å². The number of anilines is 1. The van der Waals surface area contributed by atoms with E-state index in [1.54, 1.807) is 66.8 Å². The lowest BCUT2D eigenvalue weighted by Gasteiger charge is -2.19. The highest BCUT2D eigenvalue weighted by Gasteiger charge is 2.25. The standard InChI is InChI=1S/C22H21F2N4O2P/c1-15(19-9-6-7-13-25-19)26-27-28(2)16-11-12-18(21(14-16)29-3)17-8-4-5-10-20(17)30-22(23,24)31/h4-14H,1,31H2,2-3H3. The van der Waals surface area contributed by atoms with Gasteiger partial charge in [0.05, 0.1) is 18.5 Å². The maximum absolute atomic E-state index is 13.4. The van der Waals surface area contributed by atoms with Gasteiger partial charge in [0.15, 0.2) is 0 Å². The molecule has 0 bridgehead atoms. The summed E-state index contributed by atoms with van der Waals surface area (Å²) >= 11 is 0. The van der Waals surface area contributed by atoms with Crippen LogP contribution in [-0.4, -0.2) is 25.0 Å². The molecule has 0 fully saturated rings. The van der Waals surface area contributed by atoms with E-state index in [0.29, 0.717) is 34.0 Å². The smallest absolute Gasteiger partial charge is 0.408 e. The SMILES string of the molecule is C=C(N=NN(C)c1ccc(-c2ccccc2OC(F)(F)P)c(OC)c1)c1ccccn1. The van der Waals surface area contributed by atoms with Gasteiger partial charge in [-0.3, -0.25) is 4.98 Å². The highest BCUT2D eigenvalue weighted by molar-refractivity contribution is 7.17. The van der Waals surface area contributed by atoms with E-state index >= 15 is 0 Å². The Balaban J connectivity index is 1.87. The maximum atomic E-state index is 13.4. The van der Waals surface area contributed by atoms with Crippen LogP contribution in [-0.2, 0) is 0 Å². The zero-order valence-corrected chi connectivity index (χ0v) is 18.2. The van der Waals surface area contributed by atoms with E-state index in [9.17, 15) is 8.78 Å². The first-order valence-corrected chi connectivity index (χ1v) is 9.75. The molecule has 0 aliphatic carbocycles. The quantitative estimate of drug-likeness (QED) is 0.243. The largest absolute Gasteiger partial charge is 0.496 e. The molecule has 0 saturated heterocycles. The van der Waals surface area contributed by atoms with Crippen LogP contribution in [0.3, 0.4) is 0 Å². The molecule has 0 aliphatic heterocycles. The molecule has 1 heterocycles. The third kappa shape index (κ3) is 5.83. The number of ether oxygens (including phenoxy) is 2. The summed E-state index contributed by atoms with van der Waals surface area (Å²) in [6.07, 6.45) is 1.65. The van der Waals surface area contributed by atoms with Crippen molar-refractivity contribution < 1.29 is 18.3 Å². The highest BCUT2D eigenvalue weighted by Crippen LogP contribution is 2.40. The van der Waals surface area contributed by atoms with E-state index < -0.39 is 5.85 Å². The molecule has 0 amide bonds. The van der Waals surface area contributed by atoms with Gasteiger partial charge in [-0.2, -0.15) is 8.78 Å². The number of benzene rings is 2. The zero-order chi connectivity index (χ0) is 22.4. The average Bonchev–Trinajstić information content (AvgIpc) is 2.76. The molecule has 2 aromatic carbocycles. The Kier molecular flexibility index (Phi) is 6.92. The molecule has 0 aliphatic rings. The first-order chi connectivity index (χ1) is 14.8. The third-order valence-corrected chi connectivity index (χ3v) is 4.36. The molecule has 0 radical (unpaired) electrons. The number of alkyl halides is 2. The van der Waals surface area contributed by atoms with Crippen LogP contribution >= 0.6 is 9.24 Å². The average molecular weight is 442 g/mol. The highest BCUT2D eigenvalue weighted by atomic mass is 31.0. The summed E-state index contributed by atoms with van der Waals surface area (Å²) < 4.78 is 37.1. The number of hydrogen-bond acceptors (Lipinski definition) is 5. The van der Waals surface area contributed by atoms with E-state index in [1.807, 2.05) is 6.07 Å². The van der Waals surface area contributed by atoms with Gasteiger partial charge >= 0.3 is 5.85 Å². The minimum atomic E-state index is -3.39. The summed E-state index contributed by atoms with van der Waals surface area (Å²) in [4.78, 5) is 4.18. The number of rotatable bonds is 8. The van der Waals surface area contributed by atoms with E-state index in [4.69, 9.17) is 9.47 Å². The molecule has 1 unspecified atom stereocenters. The topological polar surface area (TPSA) is 59.3 Å². The lowest BCUT2D eigenvalue weighted by molar-refractivity contribution is -0.0888. The summed E-state index contributed by atoms with van der Waals surface area (Å²) in [5.74, 6) is -2.89. The molecule has 0 saturated carbocycles. The van der Waals surface area contributed by atoms with Gasteiger partial charge in [0.25, 0.3) is 0 Å². The molecule has 0 spiro atoms. The Hall–Kier alpha value is -3.38. The van der Waals surface area contributed by atoms with E-state index in [2.05, 4.69) is 21.9 Å². The van der Waals surface area contributed by atoms with Crippen LogP contribution in [0.4, 0.5) is 14.5 Å². The molecular formula is C22H21F2N4O2P. The van der Waals surface area contributed by atoms with Gasteiger partial charge in [-0.05, 0) is 39.6 Å². The molecule has 9 heteroatoms. The van der Waals surface area contributed by atoms with Gasteiger partial charge in [-0.25, -0.2) is 5.01 Å². The third-order valence-electron chi connectivity index (χ3n) is 4.24.